The molecule has 2 aromatic rings. The van der Waals surface area contributed by atoms with Gasteiger partial charge in [-0.2, -0.15) is 0 Å². The highest BCUT2D eigenvalue weighted by Crippen LogP contribution is 2.27. The van der Waals surface area contributed by atoms with E-state index >= 15 is 0 Å². The number of carbonyl (C=O) groups excluding carboxylic acids is 1. The molecule has 6 nitrogen and oxygen atoms in total. The maximum absolute atomic E-state index is 13.5. The van der Waals surface area contributed by atoms with Crippen molar-refractivity contribution in [1.82, 2.24) is 5.32 Å². The van der Waals surface area contributed by atoms with Crippen molar-refractivity contribution in [2.75, 3.05) is 7.11 Å². The molecule has 0 aliphatic rings. The van der Waals surface area contributed by atoms with Gasteiger partial charge in [0.1, 0.15) is 11.6 Å². The van der Waals surface area contributed by atoms with E-state index in [0.717, 1.165) is 24.3 Å². The van der Waals surface area contributed by atoms with Crippen LogP contribution in [0, 0.1) is 21.7 Å². The molecule has 1 amide bonds. The second kappa shape index (κ2) is 6.82. The highest BCUT2D eigenvalue weighted by molar-refractivity contribution is 5.95. The third-order valence-electron chi connectivity index (χ3n) is 3.08. The molecule has 0 bridgehead atoms. The Labute approximate surface area is 129 Å². The number of methoxy groups -OCH3 is 1. The van der Waals surface area contributed by atoms with Crippen LogP contribution in [0.15, 0.2) is 36.4 Å². The molecule has 2 rings (SSSR count). The van der Waals surface area contributed by atoms with Crippen molar-refractivity contribution in [2.45, 2.75) is 6.54 Å². The first-order chi connectivity index (χ1) is 10.9. The van der Waals surface area contributed by atoms with Crippen LogP contribution < -0.4 is 10.1 Å². The number of amides is 1. The summed E-state index contributed by atoms with van der Waals surface area (Å²) >= 11 is 0. The van der Waals surface area contributed by atoms with Crippen molar-refractivity contribution in [2.24, 2.45) is 0 Å². The molecule has 0 aliphatic carbocycles. The molecule has 0 aliphatic heterocycles. The molecule has 0 saturated heterocycles. The van der Waals surface area contributed by atoms with Crippen LogP contribution in [-0.2, 0) is 6.54 Å². The highest BCUT2D eigenvalue weighted by Gasteiger charge is 2.18. The topological polar surface area (TPSA) is 81.5 Å². The Kier molecular flexibility index (Phi) is 4.85. The van der Waals surface area contributed by atoms with Crippen molar-refractivity contribution in [3.63, 3.8) is 0 Å². The SMILES string of the molecule is COc1ccc(C(=O)NCc2cc(F)ccc2F)cc1[N+](=O)[O-]. The first-order valence-corrected chi connectivity index (χ1v) is 6.47. The number of nitrogens with zero attached hydrogens (tertiary/aromatic N) is 1. The predicted molar refractivity (Wildman–Crippen MR) is 77.2 cm³/mol. The number of ether oxygens (including phenoxy) is 1. The van der Waals surface area contributed by atoms with E-state index < -0.39 is 22.5 Å². The lowest BCUT2D eigenvalue weighted by molar-refractivity contribution is -0.385. The minimum Gasteiger partial charge on any atom is -0.490 e. The second-order valence-electron chi connectivity index (χ2n) is 4.56. The van der Waals surface area contributed by atoms with Crippen molar-refractivity contribution in [3.8, 4) is 5.75 Å². The van der Waals surface area contributed by atoms with Crippen molar-refractivity contribution < 1.29 is 23.2 Å². The lowest BCUT2D eigenvalue weighted by Crippen LogP contribution is -2.23. The van der Waals surface area contributed by atoms with Gasteiger partial charge in [0, 0.05) is 23.7 Å². The number of nitrogens with one attached hydrogen (secondary N) is 1. The number of rotatable bonds is 5. The van der Waals surface area contributed by atoms with Crippen molar-refractivity contribution in [1.29, 1.82) is 0 Å². The van der Waals surface area contributed by atoms with Crippen LogP contribution in [0.25, 0.3) is 0 Å². The molecule has 0 radical (unpaired) electrons. The molecule has 2 aromatic carbocycles. The number of nitro groups is 1. The average molecular weight is 322 g/mol. The largest absolute Gasteiger partial charge is 0.490 e. The summed E-state index contributed by atoms with van der Waals surface area (Å²) in [5.74, 6) is -1.93. The zero-order valence-corrected chi connectivity index (χ0v) is 12.0. The zero-order valence-electron chi connectivity index (χ0n) is 12.0. The molecule has 0 fully saturated rings. The quantitative estimate of drug-likeness (QED) is 0.678. The summed E-state index contributed by atoms with van der Waals surface area (Å²) in [5.41, 5.74) is -0.382. The van der Waals surface area contributed by atoms with Gasteiger partial charge in [-0.05, 0) is 30.3 Å². The van der Waals surface area contributed by atoms with Crippen molar-refractivity contribution >= 4 is 11.6 Å². The van der Waals surface area contributed by atoms with Crippen LogP contribution in [0.2, 0.25) is 0 Å². The van der Waals surface area contributed by atoms with Gasteiger partial charge in [0.15, 0.2) is 5.75 Å². The molecule has 120 valence electrons. The third kappa shape index (κ3) is 3.79. The van der Waals surface area contributed by atoms with Crippen molar-refractivity contribution in [3.05, 3.63) is 69.3 Å². The molecule has 0 atom stereocenters. The molecule has 1 N–H and O–H groups in total. The van der Waals surface area contributed by atoms with Gasteiger partial charge in [0.2, 0.25) is 0 Å². The minimum absolute atomic E-state index is 0.00862. The number of hydrogen-bond donors (Lipinski definition) is 1. The minimum atomic E-state index is -0.679. The normalized spacial score (nSPS) is 10.2. The van der Waals surface area contributed by atoms with Gasteiger partial charge >= 0.3 is 5.69 Å². The fourth-order valence-corrected chi connectivity index (χ4v) is 1.93. The summed E-state index contributed by atoms with van der Waals surface area (Å²) in [6.07, 6.45) is 0. The van der Waals surface area contributed by atoms with Crippen LogP contribution in [0.1, 0.15) is 15.9 Å². The molecular weight excluding hydrogens is 310 g/mol. The molecule has 0 aromatic heterocycles. The van der Waals surface area contributed by atoms with Gasteiger partial charge in [-0.1, -0.05) is 0 Å². The molecule has 23 heavy (non-hydrogen) atoms. The summed E-state index contributed by atoms with van der Waals surface area (Å²) in [6, 6.07) is 6.56. The van der Waals surface area contributed by atoms with E-state index in [9.17, 15) is 23.7 Å². The van der Waals surface area contributed by atoms with E-state index in [1.54, 1.807) is 0 Å². The van der Waals surface area contributed by atoms with E-state index in [2.05, 4.69) is 5.32 Å². The maximum atomic E-state index is 13.5. The Bertz CT molecular complexity index is 765. The Morgan fingerprint density at radius 2 is 2.00 bits per heavy atom. The monoisotopic (exact) mass is 322 g/mol. The molecule has 0 saturated carbocycles. The maximum Gasteiger partial charge on any atom is 0.311 e. The number of nitro benzene ring substituents is 1. The van der Waals surface area contributed by atoms with Gasteiger partial charge in [-0.3, -0.25) is 14.9 Å². The number of hydrogen-bond acceptors (Lipinski definition) is 4. The Hall–Kier alpha value is -3.03. The van der Waals surface area contributed by atoms with E-state index in [1.165, 1.54) is 19.2 Å². The molecule has 0 heterocycles. The number of halogens is 2. The summed E-state index contributed by atoms with van der Waals surface area (Å²) in [5, 5.41) is 13.3. The fraction of sp³-hybridized carbons (Fsp3) is 0.133. The number of benzene rings is 2. The standard InChI is InChI=1S/C15H12F2N2O4/c1-23-14-5-2-9(7-13(14)19(21)22)15(20)18-8-10-6-11(16)3-4-12(10)17/h2-7H,8H2,1H3,(H,18,20). The molecule has 0 spiro atoms. The second-order valence-corrected chi connectivity index (χ2v) is 4.56. The first kappa shape index (κ1) is 16.3. The Morgan fingerprint density at radius 1 is 1.26 bits per heavy atom. The van der Waals surface area contributed by atoms with Crippen LogP contribution in [0.5, 0.6) is 5.75 Å². The van der Waals surface area contributed by atoms with E-state index in [4.69, 9.17) is 4.74 Å². The predicted octanol–water partition coefficient (Wildman–Crippen LogP) is 2.81. The van der Waals surface area contributed by atoms with E-state index in [1.807, 2.05) is 0 Å². The Morgan fingerprint density at radius 3 is 2.65 bits per heavy atom. The number of carbonyl (C=O) groups is 1. The van der Waals surface area contributed by atoms with Gasteiger partial charge in [-0.15, -0.1) is 0 Å². The third-order valence-corrected chi connectivity index (χ3v) is 3.08. The lowest BCUT2D eigenvalue weighted by atomic mass is 10.1. The summed E-state index contributed by atoms with van der Waals surface area (Å²) < 4.78 is 31.4. The van der Waals surface area contributed by atoms with Gasteiger partial charge < -0.3 is 10.1 Å². The smallest absolute Gasteiger partial charge is 0.311 e. The molecule has 8 heteroatoms. The van der Waals surface area contributed by atoms with Crippen LogP contribution in [-0.4, -0.2) is 17.9 Å². The van der Waals surface area contributed by atoms with Crippen LogP contribution in [0.3, 0.4) is 0 Å². The Balaban J connectivity index is 2.16. The molecular formula is C15H12F2N2O4. The van der Waals surface area contributed by atoms with Gasteiger partial charge in [-0.25, -0.2) is 8.78 Å². The summed E-state index contributed by atoms with van der Waals surface area (Å²) in [4.78, 5) is 22.2. The highest BCUT2D eigenvalue weighted by atomic mass is 19.1. The van der Waals surface area contributed by atoms with E-state index in [-0.39, 0.29) is 29.1 Å². The van der Waals surface area contributed by atoms with Crippen LogP contribution in [0.4, 0.5) is 14.5 Å². The first-order valence-electron chi connectivity index (χ1n) is 6.47. The zero-order chi connectivity index (χ0) is 17.0. The molecule has 0 unspecified atom stereocenters. The average Bonchev–Trinajstić information content (AvgIpc) is 2.54. The van der Waals surface area contributed by atoms with Gasteiger partial charge in [0.25, 0.3) is 5.91 Å². The fourth-order valence-electron chi connectivity index (χ4n) is 1.93. The van der Waals surface area contributed by atoms with Gasteiger partial charge in [0.05, 0.1) is 12.0 Å². The van der Waals surface area contributed by atoms with Crippen LogP contribution >= 0.6 is 0 Å². The summed E-state index contributed by atoms with van der Waals surface area (Å²) in [6.45, 7) is -0.248. The lowest BCUT2D eigenvalue weighted by Gasteiger charge is -2.08. The summed E-state index contributed by atoms with van der Waals surface area (Å²) in [7, 11) is 1.27. The van der Waals surface area contributed by atoms with E-state index in [0.29, 0.717) is 0 Å².